The second-order valence-electron chi connectivity index (χ2n) is 6.28. The third kappa shape index (κ3) is 4.35. The van der Waals surface area contributed by atoms with Crippen LogP contribution in [-0.2, 0) is 4.74 Å². The lowest BCUT2D eigenvalue weighted by Gasteiger charge is -2.49. The molecule has 1 fully saturated rings. The molecule has 19 heavy (non-hydrogen) atoms. The van der Waals surface area contributed by atoms with Crippen molar-refractivity contribution in [2.45, 2.75) is 57.7 Å². The highest BCUT2D eigenvalue weighted by atomic mass is 32.2. The summed E-state index contributed by atoms with van der Waals surface area (Å²) in [5.74, 6) is 1.79. The van der Waals surface area contributed by atoms with Crippen LogP contribution < -0.4 is 5.73 Å². The first kappa shape index (κ1) is 17.3. The molecule has 0 saturated carbocycles. The van der Waals surface area contributed by atoms with Crippen molar-refractivity contribution in [2.75, 3.05) is 32.2 Å². The Morgan fingerprint density at radius 1 is 1.42 bits per heavy atom. The lowest BCUT2D eigenvalue weighted by atomic mass is 9.81. The number of ether oxygens (including phenoxy) is 1. The zero-order valence-corrected chi connectivity index (χ0v) is 14.1. The van der Waals surface area contributed by atoms with Crippen LogP contribution in [0.1, 0.15) is 40.0 Å². The van der Waals surface area contributed by atoms with Crippen LogP contribution in [0.15, 0.2) is 0 Å². The number of hydrogen-bond donors (Lipinski definition) is 1. The van der Waals surface area contributed by atoms with E-state index in [4.69, 9.17) is 10.5 Å². The molecular weight excluding hydrogens is 256 g/mol. The summed E-state index contributed by atoms with van der Waals surface area (Å²) in [6.07, 6.45) is 5.89. The van der Waals surface area contributed by atoms with E-state index in [1.54, 1.807) is 0 Å². The van der Waals surface area contributed by atoms with Crippen molar-refractivity contribution in [3.8, 4) is 0 Å². The number of nitrogens with two attached hydrogens (primary N) is 1. The van der Waals surface area contributed by atoms with Gasteiger partial charge in [-0.15, -0.1) is 0 Å². The fraction of sp³-hybridized carbons (Fsp3) is 1.00. The average Bonchev–Trinajstić information content (AvgIpc) is 2.43. The van der Waals surface area contributed by atoms with Crippen LogP contribution in [-0.4, -0.2) is 54.8 Å². The normalized spacial score (nSPS) is 30.0. The Kier molecular flexibility index (Phi) is 7.15. The van der Waals surface area contributed by atoms with Crippen molar-refractivity contribution in [2.24, 2.45) is 11.7 Å². The highest BCUT2D eigenvalue weighted by Crippen LogP contribution is 2.34. The fourth-order valence-corrected chi connectivity index (χ4v) is 3.54. The molecule has 0 radical (unpaired) electrons. The first-order chi connectivity index (χ1) is 8.96. The summed E-state index contributed by atoms with van der Waals surface area (Å²) in [6.45, 7) is 8.40. The van der Waals surface area contributed by atoms with Gasteiger partial charge in [-0.1, -0.05) is 13.8 Å². The molecule has 1 aliphatic rings. The predicted molar refractivity (Wildman–Crippen MR) is 85.8 cm³/mol. The van der Waals surface area contributed by atoms with Gasteiger partial charge in [-0.25, -0.2) is 0 Å². The standard InChI is InChI=1S/C15H32N2OS/c1-12(2)14-10-15(11-16,7-8-18-14)17(4)13(3)6-9-19-5/h12-14H,6-11,16H2,1-5H3. The number of likely N-dealkylation sites (N-methyl/N-ethyl adjacent to an activating group) is 1. The van der Waals surface area contributed by atoms with Gasteiger partial charge in [-0.3, -0.25) is 4.90 Å². The van der Waals surface area contributed by atoms with Gasteiger partial charge in [0.25, 0.3) is 0 Å². The lowest BCUT2D eigenvalue weighted by molar-refractivity contribution is -0.0895. The van der Waals surface area contributed by atoms with E-state index >= 15 is 0 Å². The van der Waals surface area contributed by atoms with Crippen LogP contribution in [0.3, 0.4) is 0 Å². The van der Waals surface area contributed by atoms with Crippen molar-refractivity contribution in [1.29, 1.82) is 0 Å². The van der Waals surface area contributed by atoms with Crippen LogP contribution in [0, 0.1) is 5.92 Å². The number of nitrogens with zero attached hydrogens (tertiary/aromatic N) is 1. The molecule has 1 aliphatic heterocycles. The van der Waals surface area contributed by atoms with Gasteiger partial charge in [-0.2, -0.15) is 11.8 Å². The molecule has 1 saturated heterocycles. The minimum atomic E-state index is 0.130. The number of rotatable bonds is 7. The molecule has 2 N–H and O–H groups in total. The van der Waals surface area contributed by atoms with Gasteiger partial charge in [0.2, 0.25) is 0 Å². The summed E-state index contributed by atoms with van der Waals surface area (Å²) in [7, 11) is 2.25. The van der Waals surface area contributed by atoms with Crippen LogP contribution in [0.25, 0.3) is 0 Å². The quantitative estimate of drug-likeness (QED) is 0.781. The smallest absolute Gasteiger partial charge is 0.0616 e. The van der Waals surface area contributed by atoms with Crippen LogP contribution in [0.4, 0.5) is 0 Å². The van der Waals surface area contributed by atoms with Gasteiger partial charge >= 0.3 is 0 Å². The maximum absolute atomic E-state index is 6.17. The highest BCUT2D eigenvalue weighted by molar-refractivity contribution is 7.98. The lowest BCUT2D eigenvalue weighted by Crippen LogP contribution is -2.60. The molecule has 3 atom stereocenters. The molecule has 0 bridgehead atoms. The Morgan fingerprint density at radius 3 is 2.63 bits per heavy atom. The van der Waals surface area contributed by atoms with Gasteiger partial charge < -0.3 is 10.5 Å². The zero-order chi connectivity index (χ0) is 14.5. The van der Waals surface area contributed by atoms with Gasteiger partial charge in [0.15, 0.2) is 0 Å². The summed E-state index contributed by atoms with van der Waals surface area (Å²) in [4.78, 5) is 2.53. The zero-order valence-electron chi connectivity index (χ0n) is 13.3. The number of thioether (sulfide) groups is 1. The molecule has 0 amide bonds. The largest absolute Gasteiger partial charge is 0.378 e. The Balaban J connectivity index is 2.72. The first-order valence-electron chi connectivity index (χ1n) is 7.50. The SMILES string of the molecule is CSCCC(C)N(C)C1(CN)CCOC(C(C)C)C1. The molecular formula is C15H32N2OS. The monoisotopic (exact) mass is 288 g/mol. The van der Waals surface area contributed by atoms with Gasteiger partial charge in [0.05, 0.1) is 6.10 Å². The fourth-order valence-electron chi connectivity index (χ4n) is 2.96. The molecule has 0 aromatic carbocycles. The van der Waals surface area contributed by atoms with Crippen molar-refractivity contribution >= 4 is 11.8 Å². The van der Waals surface area contributed by atoms with Gasteiger partial charge in [0, 0.05) is 24.7 Å². The van der Waals surface area contributed by atoms with Crippen molar-refractivity contribution in [1.82, 2.24) is 4.90 Å². The van der Waals surface area contributed by atoms with E-state index in [1.807, 2.05) is 11.8 Å². The minimum Gasteiger partial charge on any atom is -0.378 e. The second-order valence-corrected chi connectivity index (χ2v) is 7.26. The Labute approximate surface area is 123 Å². The predicted octanol–water partition coefficient (Wildman–Crippen LogP) is 2.59. The summed E-state index contributed by atoms with van der Waals surface area (Å²) in [6, 6.07) is 0.585. The van der Waals surface area contributed by atoms with Crippen molar-refractivity contribution < 1.29 is 4.74 Å². The Hall–Kier alpha value is 0.230. The molecule has 0 aromatic rings. The third-order valence-electron chi connectivity index (χ3n) is 4.75. The molecule has 3 unspecified atom stereocenters. The second kappa shape index (κ2) is 7.87. The van der Waals surface area contributed by atoms with Crippen molar-refractivity contribution in [3.63, 3.8) is 0 Å². The summed E-state index contributed by atoms with van der Waals surface area (Å²) < 4.78 is 5.92. The molecule has 114 valence electrons. The van der Waals surface area contributed by atoms with Crippen molar-refractivity contribution in [3.05, 3.63) is 0 Å². The molecule has 3 nitrogen and oxygen atoms in total. The van der Waals surface area contributed by atoms with E-state index < -0.39 is 0 Å². The van der Waals surface area contributed by atoms with E-state index in [-0.39, 0.29) is 5.54 Å². The molecule has 4 heteroatoms. The average molecular weight is 289 g/mol. The third-order valence-corrected chi connectivity index (χ3v) is 5.40. The van der Waals surface area contributed by atoms with E-state index in [0.717, 1.165) is 26.0 Å². The van der Waals surface area contributed by atoms with E-state index in [9.17, 15) is 0 Å². The molecule has 0 spiro atoms. The molecule has 1 rings (SSSR count). The first-order valence-corrected chi connectivity index (χ1v) is 8.89. The summed E-state index contributed by atoms with van der Waals surface area (Å²) in [5.41, 5.74) is 6.30. The minimum absolute atomic E-state index is 0.130. The van der Waals surface area contributed by atoms with Crippen LogP contribution >= 0.6 is 11.8 Å². The summed E-state index contributed by atoms with van der Waals surface area (Å²) in [5, 5.41) is 0. The van der Waals surface area contributed by atoms with Gasteiger partial charge in [-0.05, 0) is 51.2 Å². The van der Waals surface area contributed by atoms with Gasteiger partial charge in [0.1, 0.15) is 0 Å². The van der Waals surface area contributed by atoms with E-state index in [1.165, 1.54) is 12.2 Å². The maximum atomic E-state index is 6.17. The molecule has 0 aromatic heterocycles. The Morgan fingerprint density at radius 2 is 2.11 bits per heavy atom. The van der Waals surface area contributed by atoms with E-state index in [2.05, 4.69) is 39.0 Å². The Bertz CT molecular complexity index is 263. The maximum Gasteiger partial charge on any atom is 0.0616 e. The number of hydrogen-bond acceptors (Lipinski definition) is 4. The molecule has 0 aliphatic carbocycles. The van der Waals surface area contributed by atoms with Crippen LogP contribution in [0.5, 0.6) is 0 Å². The summed E-state index contributed by atoms with van der Waals surface area (Å²) >= 11 is 1.92. The topological polar surface area (TPSA) is 38.5 Å². The van der Waals surface area contributed by atoms with Crippen LogP contribution in [0.2, 0.25) is 0 Å². The molecule has 1 heterocycles. The van der Waals surface area contributed by atoms with E-state index in [0.29, 0.717) is 18.1 Å². The highest BCUT2D eigenvalue weighted by Gasteiger charge is 2.41.